The van der Waals surface area contributed by atoms with E-state index in [1.807, 2.05) is 0 Å². The SMILES string of the molecule is Cc1noc2nc(C3CC3)cc(C(=O)NCC(F)(F)CN)c12.Cl. The number of nitrogens with zero attached hydrogens (tertiary/aromatic N) is 2. The molecule has 0 saturated heterocycles. The molecule has 2 aromatic rings. The van der Waals surface area contributed by atoms with E-state index in [0.717, 1.165) is 18.5 Å². The summed E-state index contributed by atoms with van der Waals surface area (Å²) >= 11 is 0. The Hall–Kier alpha value is -1.80. The molecule has 6 nitrogen and oxygen atoms in total. The third-order valence-corrected chi connectivity index (χ3v) is 3.68. The Morgan fingerprint density at radius 2 is 2.22 bits per heavy atom. The molecule has 1 aliphatic rings. The Bertz CT molecular complexity index is 731. The summed E-state index contributed by atoms with van der Waals surface area (Å²) in [6, 6.07) is 1.64. The van der Waals surface area contributed by atoms with Gasteiger partial charge in [0.15, 0.2) is 0 Å². The number of hydrogen-bond donors (Lipinski definition) is 2. The van der Waals surface area contributed by atoms with Gasteiger partial charge in [0.05, 0.1) is 29.7 Å². The number of aryl methyl sites for hydroxylation is 1. The molecule has 0 unspecified atom stereocenters. The highest BCUT2D eigenvalue weighted by Crippen LogP contribution is 2.40. The summed E-state index contributed by atoms with van der Waals surface area (Å²) in [5.41, 5.74) is 6.73. The van der Waals surface area contributed by atoms with Gasteiger partial charge in [-0.1, -0.05) is 5.16 Å². The molecule has 0 radical (unpaired) electrons. The minimum atomic E-state index is -3.13. The second kappa shape index (κ2) is 6.37. The largest absolute Gasteiger partial charge is 0.346 e. The van der Waals surface area contributed by atoms with Crippen LogP contribution in [0.1, 0.15) is 40.5 Å². The van der Waals surface area contributed by atoms with Gasteiger partial charge in [-0.2, -0.15) is 0 Å². The lowest BCUT2D eigenvalue weighted by Crippen LogP contribution is -2.41. The maximum absolute atomic E-state index is 13.2. The van der Waals surface area contributed by atoms with Crippen molar-refractivity contribution in [2.75, 3.05) is 13.1 Å². The number of aromatic nitrogens is 2. The van der Waals surface area contributed by atoms with Crippen LogP contribution >= 0.6 is 12.4 Å². The highest BCUT2D eigenvalue weighted by molar-refractivity contribution is 6.06. The number of pyridine rings is 1. The van der Waals surface area contributed by atoms with Crippen molar-refractivity contribution in [3.63, 3.8) is 0 Å². The molecule has 1 aliphatic carbocycles. The van der Waals surface area contributed by atoms with E-state index in [4.69, 9.17) is 10.3 Å². The summed E-state index contributed by atoms with van der Waals surface area (Å²) < 4.78 is 31.5. The fraction of sp³-hybridized carbons (Fsp3) is 0.500. The molecule has 1 saturated carbocycles. The van der Waals surface area contributed by atoms with Crippen LogP contribution in [-0.2, 0) is 0 Å². The molecule has 126 valence electrons. The molecule has 23 heavy (non-hydrogen) atoms. The van der Waals surface area contributed by atoms with Crippen molar-refractivity contribution in [2.45, 2.75) is 31.6 Å². The van der Waals surface area contributed by atoms with Crippen molar-refractivity contribution in [2.24, 2.45) is 5.73 Å². The number of carbonyl (C=O) groups excluding carboxylic acids is 1. The Morgan fingerprint density at radius 1 is 1.52 bits per heavy atom. The zero-order valence-corrected chi connectivity index (χ0v) is 13.3. The van der Waals surface area contributed by atoms with Crippen molar-refractivity contribution in [1.82, 2.24) is 15.5 Å². The fourth-order valence-electron chi connectivity index (χ4n) is 2.26. The molecular formula is C14H17ClF2N4O2. The van der Waals surface area contributed by atoms with Crippen molar-refractivity contribution < 1.29 is 18.1 Å². The first-order valence-electron chi connectivity index (χ1n) is 7.04. The highest BCUT2D eigenvalue weighted by atomic mass is 35.5. The number of amides is 1. The van der Waals surface area contributed by atoms with Crippen molar-refractivity contribution >= 4 is 29.4 Å². The lowest BCUT2D eigenvalue weighted by molar-refractivity contribution is 0.0119. The number of nitrogens with one attached hydrogen (secondary N) is 1. The zero-order chi connectivity index (χ0) is 15.9. The summed E-state index contributed by atoms with van der Waals surface area (Å²) in [7, 11) is 0. The Labute approximate surface area is 137 Å². The van der Waals surface area contributed by atoms with Gasteiger partial charge in [-0.05, 0) is 25.8 Å². The molecule has 0 aromatic carbocycles. The van der Waals surface area contributed by atoms with Crippen LogP contribution in [0.2, 0.25) is 0 Å². The van der Waals surface area contributed by atoms with E-state index in [1.54, 1.807) is 13.0 Å². The molecule has 3 N–H and O–H groups in total. The fourth-order valence-corrected chi connectivity index (χ4v) is 2.26. The van der Waals surface area contributed by atoms with Gasteiger partial charge in [0.1, 0.15) is 0 Å². The maximum Gasteiger partial charge on any atom is 0.277 e. The Balaban J connectivity index is 0.00000192. The quantitative estimate of drug-likeness (QED) is 0.865. The molecular weight excluding hydrogens is 330 g/mol. The average molecular weight is 347 g/mol. The van der Waals surface area contributed by atoms with Crippen molar-refractivity contribution in [3.05, 3.63) is 23.0 Å². The summed E-state index contributed by atoms with van der Waals surface area (Å²) in [5.74, 6) is -3.44. The summed E-state index contributed by atoms with van der Waals surface area (Å²) in [4.78, 5) is 16.6. The number of nitrogens with two attached hydrogens (primary N) is 1. The molecule has 2 heterocycles. The minimum absolute atomic E-state index is 0. The van der Waals surface area contributed by atoms with Crippen molar-refractivity contribution in [3.8, 4) is 0 Å². The molecule has 3 rings (SSSR count). The number of halogens is 3. The van der Waals surface area contributed by atoms with Crippen LogP contribution in [0.3, 0.4) is 0 Å². The average Bonchev–Trinajstić information content (AvgIpc) is 3.29. The zero-order valence-electron chi connectivity index (χ0n) is 12.4. The number of hydrogen-bond acceptors (Lipinski definition) is 5. The van der Waals surface area contributed by atoms with Crippen LogP contribution in [-0.4, -0.2) is 35.1 Å². The lowest BCUT2D eigenvalue weighted by Gasteiger charge is -2.15. The first-order valence-corrected chi connectivity index (χ1v) is 7.04. The second-order valence-corrected chi connectivity index (χ2v) is 5.56. The van der Waals surface area contributed by atoms with E-state index in [9.17, 15) is 13.6 Å². The third kappa shape index (κ3) is 3.59. The van der Waals surface area contributed by atoms with Crippen LogP contribution in [0, 0.1) is 6.92 Å². The predicted molar refractivity (Wildman–Crippen MR) is 82.1 cm³/mol. The minimum Gasteiger partial charge on any atom is -0.346 e. The molecule has 9 heteroatoms. The number of alkyl halides is 2. The number of carbonyl (C=O) groups is 1. The lowest BCUT2D eigenvalue weighted by atomic mass is 10.1. The van der Waals surface area contributed by atoms with Gasteiger partial charge in [-0.3, -0.25) is 4.79 Å². The van der Waals surface area contributed by atoms with Crippen LogP contribution in [0.4, 0.5) is 8.78 Å². The molecule has 0 bridgehead atoms. The molecule has 0 atom stereocenters. The maximum atomic E-state index is 13.2. The normalized spacial score (nSPS) is 14.6. The van der Waals surface area contributed by atoms with Crippen molar-refractivity contribution in [1.29, 1.82) is 0 Å². The Kier molecular flexibility index (Phi) is 4.86. The van der Waals surface area contributed by atoms with Gasteiger partial charge in [-0.15, -0.1) is 12.4 Å². The van der Waals surface area contributed by atoms with Crippen LogP contribution in [0.5, 0.6) is 0 Å². The molecule has 2 aromatic heterocycles. The van der Waals surface area contributed by atoms with Gasteiger partial charge < -0.3 is 15.6 Å². The van der Waals surface area contributed by atoms with E-state index < -0.39 is 24.9 Å². The predicted octanol–water partition coefficient (Wildman–Crippen LogP) is 2.15. The van der Waals surface area contributed by atoms with E-state index in [0.29, 0.717) is 17.0 Å². The molecule has 0 aliphatic heterocycles. The second-order valence-electron chi connectivity index (χ2n) is 5.56. The summed E-state index contributed by atoms with van der Waals surface area (Å²) in [6.07, 6.45) is 2.00. The van der Waals surface area contributed by atoms with Gasteiger partial charge >= 0.3 is 0 Å². The molecule has 1 fully saturated rings. The number of rotatable bonds is 5. The first-order chi connectivity index (χ1) is 10.4. The van der Waals surface area contributed by atoms with Crippen LogP contribution in [0.15, 0.2) is 10.6 Å². The van der Waals surface area contributed by atoms with Crippen LogP contribution < -0.4 is 11.1 Å². The standard InChI is InChI=1S/C14H16F2N4O2.ClH/c1-7-11-9(12(21)18-6-14(15,16)5-17)4-10(8-2-3-8)19-13(11)22-20-7;/h4,8H,2-3,5-6,17H2,1H3,(H,18,21);1H. The first kappa shape index (κ1) is 17.6. The van der Waals surface area contributed by atoms with Crippen LogP contribution in [0.25, 0.3) is 11.1 Å². The Morgan fingerprint density at radius 3 is 2.83 bits per heavy atom. The van der Waals surface area contributed by atoms with E-state index in [2.05, 4.69) is 15.5 Å². The molecule has 1 amide bonds. The van der Waals surface area contributed by atoms with Gasteiger partial charge in [0, 0.05) is 11.6 Å². The monoisotopic (exact) mass is 346 g/mol. The van der Waals surface area contributed by atoms with Gasteiger partial charge in [0.25, 0.3) is 17.5 Å². The van der Waals surface area contributed by atoms with E-state index in [-0.39, 0.29) is 23.7 Å². The molecule has 0 spiro atoms. The summed E-state index contributed by atoms with van der Waals surface area (Å²) in [5, 5.41) is 6.48. The topological polar surface area (TPSA) is 94.0 Å². The smallest absolute Gasteiger partial charge is 0.277 e. The van der Waals surface area contributed by atoms with E-state index >= 15 is 0 Å². The van der Waals surface area contributed by atoms with Gasteiger partial charge in [0.2, 0.25) is 0 Å². The third-order valence-electron chi connectivity index (χ3n) is 3.68. The van der Waals surface area contributed by atoms with Gasteiger partial charge in [-0.25, -0.2) is 13.8 Å². The highest BCUT2D eigenvalue weighted by Gasteiger charge is 2.30. The summed E-state index contributed by atoms with van der Waals surface area (Å²) in [6.45, 7) is 0.0451. The number of fused-ring (bicyclic) bond motifs is 1. The van der Waals surface area contributed by atoms with E-state index in [1.165, 1.54) is 0 Å².